The van der Waals surface area contributed by atoms with Gasteiger partial charge in [0.1, 0.15) is 0 Å². The molecule has 3 heteroatoms. The van der Waals surface area contributed by atoms with Gasteiger partial charge in [-0.1, -0.05) is 19.8 Å². The van der Waals surface area contributed by atoms with E-state index in [2.05, 4.69) is 12.0 Å². The summed E-state index contributed by atoms with van der Waals surface area (Å²) in [6, 6.07) is 0.152. The van der Waals surface area contributed by atoms with Crippen molar-refractivity contribution in [1.82, 2.24) is 9.78 Å². The average Bonchev–Trinajstić information content (AvgIpc) is 2.74. The lowest BCUT2D eigenvalue weighted by molar-refractivity contribution is 0.265. The van der Waals surface area contributed by atoms with Crippen molar-refractivity contribution >= 4 is 0 Å². The van der Waals surface area contributed by atoms with Gasteiger partial charge in [-0.15, -0.1) is 0 Å². The molecule has 0 saturated heterocycles. The van der Waals surface area contributed by atoms with Crippen molar-refractivity contribution in [1.29, 1.82) is 0 Å². The van der Waals surface area contributed by atoms with Crippen LogP contribution in [0.2, 0.25) is 0 Å². The molecule has 1 aliphatic rings. The van der Waals surface area contributed by atoms with Crippen LogP contribution in [0.1, 0.15) is 44.2 Å². The first-order chi connectivity index (χ1) is 6.62. The van der Waals surface area contributed by atoms with Crippen LogP contribution in [0.25, 0.3) is 0 Å². The van der Waals surface area contributed by atoms with Gasteiger partial charge in [0, 0.05) is 24.8 Å². The Bertz CT molecular complexity index is 310. The SMILES string of the molecule is Cn1cc(C(N)C2(C)CCCC2)cn1. The molecule has 2 rings (SSSR count). The summed E-state index contributed by atoms with van der Waals surface area (Å²) in [4.78, 5) is 0. The third kappa shape index (κ3) is 1.57. The summed E-state index contributed by atoms with van der Waals surface area (Å²) in [5.74, 6) is 0. The van der Waals surface area contributed by atoms with Crippen molar-refractivity contribution in [3.63, 3.8) is 0 Å². The van der Waals surface area contributed by atoms with Crippen LogP contribution in [-0.2, 0) is 7.05 Å². The molecule has 0 spiro atoms. The standard InChI is InChI=1S/C11H19N3/c1-11(5-3-4-6-11)10(12)9-7-13-14(2)8-9/h7-8,10H,3-6,12H2,1-2H3. The third-order valence-corrected chi connectivity index (χ3v) is 3.58. The Labute approximate surface area is 85.3 Å². The lowest BCUT2D eigenvalue weighted by Gasteiger charge is -2.30. The number of hydrogen-bond donors (Lipinski definition) is 1. The van der Waals surface area contributed by atoms with Gasteiger partial charge in [0.05, 0.1) is 6.20 Å². The first-order valence-corrected chi connectivity index (χ1v) is 5.36. The molecule has 3 nitrogen and oxygen atoms in total. The van der Waals surface area contributed by atoms with E-state index < -0.39 is 0 Å². The highest BCUT2D eigenvalue weighted by atomic mass is 15.2. The highest BCUT2D eigenvalue weighted by molar-refractivity contribution is 5.14. The van der Waals surface area contributed by atoms with Gasteiger partial charge in [0.15, 0.2) is 0 Å². The summed E-state index contributed by atoms with van der Waals surface area (Å²) in [6.45, 7) is 2.30. The number of nitrogens with zero attached hydrogens (tertiary/aromatic N) is 2. The van der Waals surface area contributed by atoms with Gasteiger partial charge >= 0.3 is 0 Å². The van der Waals surface area contributed by atoms with E-state index in [4.69, 9.17) is 5.73 Å². The largest absolute Gasteiger partial charge is 0.323 e. The van der Waals surface area contributed by atoms with Crippen LogP contribution in [0.3, 0.4) is 0 Å². The summed E-state index contributed by atoms with van der Waals surface area (Å²) < 4.78 is 1.83. The van der Waals surface area contributed by atoms with Gasteiger partial charge in [0.2, 0.25) is 0 Å². The van der Waals surface area contributed by atoms with Crippen molar-refractivity contribution in [2.24, 2.45) is 18.2 Å². The van der Waals surface area contributed by atoms with Gasteiger partial charge in [0.25, 0.3) is 0 Å². The van der Waals surface area contributed by atoms with E-state index in [1.165, 1.54) is 31.2 Å². The molecular weight excluding hydrogens is 174 g/mol. The fraction of sp³-hybridized carbons (Fsp3) is 0.727. The van der Waals surface area contributed by atoms with Crippen molar-refractivity contribution in [3.8, 4) is 0 Å². The Kier molecular flexibility index (Phi) is 2.35. The van der Waals surface area contributed by atoms with Crippen molar-refractivity contribution in [2.45, 2.75) is 38.6 Å². The van der Waals surface area contributed by atoms with E-state index in [0.717, 1.165) is 0 Å². The van der Waals surface area contributed by atoms with Crippen LogP contribution < -0.4 is 5.73 Å². The summed E-state index contributed by atoms with van der Waals surface area (Å²) in [7, 11) is 1.94. The van der Waals surface area contributed by atoms with Crippen LogP contribution in [0.5, 0.6) is 0 Å². The third-order valence-electron chi connectivity index (χ3n) is 3.58. The maximum atomic E-state index is 6.29. The Hall–Kier alpha value is -0.830. The number of hydrogen-bond acceptors (Lipinski definition) is 2. The van der Waals surface area contributed by atoms with Crippen molar-refractivity contribution in [2.75, 3.05) is 0 Å². The summed E-state index contributed by atoms with van der Waals surface area (Å²) >= 11 is 0. The van der Waals surface area contributed by atoms with E-state index in [1.807, 2.05) is 24.1 Å². The van der Waals surface area contributed by atoms with Gasteiger partial charge in [-0.25, -0.2) is 0 Å². The van der Waals surface area contributed by atoms with Crippen molar-refractivity contribution in [3.05, 3.63) is 18.0 Å². The minimum atomic E-state index is 0.152. The molecule has 0 aliphatic heterocycles. The molecule has 1 aliphatic carbocycles. The van der Waals surface area contributed by atoms with Crippen LogP contribution in [0, 0.1) is 5.41 Å². The Morgan fingerprint density at radius 3 is 2.64 bits per heavy atom. The molecule has 1 fully saturated rings. The van der Waals surface area contributed by atoms with Gasteiger partial charge in [-0.2, -0.15) is 5.10 Å². The van der Waals surface area contributed by atoms with E-state index in [0.29, 0.717) is 5.41 Å². The minimum absolute atomic E-state index is 0.152. The maximum Gasteiger partial charge on any atom is 0.0537 e. The summed E-state index contributed by atoms with van der Waals surface area (Å²) in [5, 5.41) is 4.18. The number of rotatable bonds is 2. The number of aryl methyl sites for hydroxylation is 1. The average molecular weight is 193 g/mol. The van der Waals surface area contributed by atoms with Crippen LogP contribution in [0.4, 0.5) is 0 Å². The minimum Gasteiger partial charge on any atom is -0.323 e. The smallest absolute Gasteiger partial charge is 0.0537 e. The Morgan fingerprint density at radius 2 is 2.14 bits per heavy atom. The summed E-state index contributed by atoms with van der Waals surface area (Å²) in [6.07, 6.45) is 9.09. The van der Waals surface area contributed by atoms with Crippen LogP contribution in [-0.4, -0.2) is 9.78 Å². The summed E-state index contributed by atoms with van der Waals surface area (Å²) in [5.41, 5.74) is 7.77. The first-order valence-electron chi connectivity index (χ1n) is 5.36. The Morgan fingerprint density at radius 1 is 1.50 bits per heavy atom. The molecule has 2 N–H and O–H groups in total. The molecule has 1 atom stereocenters. The van der Waals surface area contributed by atoms with Crippen LogP contribution in [0.15, 0.2) is 12.4 Å². The molecule has 0 amide bonds. The normalized spacial score (nSPS) is 22.5. The predicted octanol–water partition coefficient (Wildman–Crippen LogP) is 2.00. The Balaban J connectivity index is 2.18. The highest BCUT2D eigenvalue weighted by Crippen LogP contribution is 2.45. The monoisotopic (exact) mass is 193 g/mol. The lowest BCUT2D eigenvalue weighted by Crippen LogP contribution is -2.29. The molecule has 0 aromatic carbocycles. The van der Waals surface area contributed by atoms with Gasteiger partial charge in [-0.3, -0.25) is 4.68 Å². The van der Waals surface area contributed by atoms with E-state index in [-0.39, 0.29) is 6.04 Å². The molecule has 1 unspecified atom stereocenters. The highest BCUT2D eigenvalue weighted by Gasteiger charge is 2.35. The fourth-order valence-electron chi connectivity index (χ4n) is 2.50. The van der Waals surface area contributed by atoms with E-state index in [1.54, 1.807) is 0 Å². The van der Waals surface area contributed by atoms with Crippen molar-refractivity contribution < 1.29 is 0 Å². The fourth-order valence-corrected chi connectivity index (χ4v) is 2.50. The molecule has 14 heavy (non-hydrogen) atoms. The second-order valence-corrected chi connectivity index (χ2v) is 4.79. The molecule has 0 bridgehead atoms. The lowest BCUT2D eigenvalue weighted by atomic mass is 9.79. The first kappa shape index (κ1) is 9.71. The number of nitrogens with two attached hydrogens (primary N) is 1. The molecule has 78 valence electrons. The molecule has 1 heterocycles. The second-order valence-electron chi connectivity index (χ2n) is 4.79. The quantitative estimate of drug-likeness (QED) is 0.780. The van der Waals surface area contributed by atoms with E-state index >= 15 is 0 Å². The number of aromatic nitrogens is 2. The molecule has 1 saturated carbocycles. The van der Waals surface area contributed by atoms with Gasteiger partial charge < -0.3 is 5.73 Å². The van der Waals surface area contributed by atoms with Crippen LogP contribution >= 0.6 is 0 Å². The van der Waals surface area contributed by atoms with Gasteiger partial charge in [-0.05, 0) is 18.3 Å². The zero-order valence-corrected chi connectivity index (χ0v) is 9.03. The predicted molar refractivity (Wildman–Crippen MR) is 56.7 cm³/mol. The molecule has 1 aromatic rings. The topological polar surface area (TPSA) is 43.8 Å². The maximum absolute atomic E-state index is 6.29. The zero-order valence-electron chi connectivity index (χ0n) is 9.03. The second kappa shape index (κ2) is 3.39. The molecule has 1 aromatic heterocycles. The zero-order chi connectivity index (χ0) is 10.2. The molecule has 0 radical (unpaired) electrons. The molecular formula is C11H19N3. The van der Waals surface area contributed by atoms with E-state index in [9.17, 15) is 0 Å².